The Morgan fingerprint density at radius 2 is 1.39 bits per heavy atom. The zero-order valence-corrected chi connectivity index (χ0v) is 10.4. The molecule has 2 aromatic carbocycles. The third-order valence-corrected chi connectivity index (χ3v) is 3.23. The van der Waals surface area contributed by atoms with Crippen molar-refractivity contribution in [2.24, 2.45) is 0 Å². The van der Waals surface area contributed by atoms with E-state index in [1.54, 1.807) is 0 Å². The fourth-order valence-electron chi connectivity index (χ4n) is 2.29. The molecule has 0 aliphatic heterocycles. The Morgan fingerprint density at radius 1 is 0.944 bits per heavy atom. The van der Waals surface area contributed by atoms with Crippen molar-refractivity contribution < 1.29 is 9.53 Å². The van der Waals surface area contributed by atoms with Crippen LogP contribution in [-0.2, 0) is 15.1 Å². The lowest BCUT2D eigenvalue weighted by atomic mass is 9.84. The van der Waals surface area contributed by atoms with Crippen LogP contribution in [0, 0.1) is 0 Å². The maximum atomic E-state index is 10.9. The van der Waals surface area contributed by atoms with E-state index in [1.807, 2.05) is 67.6 Å². The summed E-state index contributed by atoms with van der Waals surface area (Å²) in [5.74, 6) is 0. The Hall–Kier alpha value is -2.09. The Kier molecular flexibility index (Phi) is 3.78. The van der Waals surface area contributed by atoms with Crippen molar-refractivity contribution in [2.75, 3.05) is 0 Å². The second-order valence-corrected chi connectivity index (χ2v) is 4.13. The van der Waals surface area contributed by atoms with Crippen LogP contribution >= 0.6 is 0 Å². The van der Waals surface area contributed by atoms with E-state index in [9.17, 15) is 4.79 Å². The lowest BCUT2D eigenvalue weighted by Crippen LogP contribution is -2.30. The van der Waals surface area contributed by atoms with Gasteiger partial charge in [-0.1, -0.05) is 67.6 Å². The fourth-order valence-corrected chi connectivity index (χ4v) is 2.29. The van der Waals surface area contributed by atoms with Gasteiger partial charge in [0.15, 0.2) is 5.60 Å². The van der Waals surface area contributed by atoms with Crippen LogP contribution in [0.4, 0.5) is 0 Å². The fraction of sp³-hybridized carbons (Fsp3) is 0.188. The zero-order chi connectivity index (χ0) is 12.8. The third kappa shape index (κ3) is 2.14. The summed E-state index contributed by atoms with van der Waals surface area (Å²) in [6.45, 7) is 2.55. The first-order chi connectivity index (χ1) is 8.83. The van der Waals surface area contributed by atoms with Gasteiger partial charge >= 0.3 is 0 Å². The van der Waals surface area contributed by atoms with Crippen molar-refractivity contribution in [1.82, 2.24) is 0 Å². The summed E-state index contributed by atoms with van der Waals surface area (Å²) in [6, 6.07) is 19.7. The number of carbonyl (C=O) groups is 1. The van der Waals surface area contributed by atoms with E-state index in [1.165, 1.54) is 0 Å². The molecule has 0 bridgehead atoms. The molecule has 0 heterocycles. The molecule has 0 N–H and O–H groups in total. The highest BCUT2D eigenvalue weighted by Crippen LogP contribution is 2.36. The molecule has 0 amide bonds. The zero-order valence-electron chi connectivity index (χ0n) is 10.4. The smallest absolute Gasteiger partial charge is 0.294 e. The van der Waals surface area contributed by atoms with Crippen LogP contribution in [0.5, 0.6) is 0 Å². The van der Waals surface area contributed by atoms with Crippen LogP contribution in [0.3, 0.4) is 0 Å². The lowest BCUT2D eigenvalue weighted by molar-refractivity contribution is -0.141. The van der Waals surface area contributed by atoms with E-state index in [0.29, 0.717) is 12.9 Å². The van der Waals surface area contributed by atoms with Gasteiger partial charge in [0, 0.05) is 11.1 Å². The van der Waals surface area contributed by atoms with Gasteiger partial charge in [0.2, 0.25) is 0 Å². The van der Waals surface area contributed by atoms with Gasteiger partial charge in [-0.25, -0.2) is 0 Å². The van der Waals surface area contributed by atoms with Gasteiger partial charge in [-0.15, -0.1) is 0 Å². The summed E-state index contributed by atoms with van der Waals surface area (Å²) in [5.41, 5.74) is 1.29. The Morgan fingerprint density at radius 3 is 1.72 bits per heavy atom. The average Bonchev–Trinajstić information content (AvgIpc) is 2.47. The minimum Gasteiger partial charge on any atom is -0.451 e. The predicted octanol–water partition coefficient (Wildman–Crippen LogP) is 3.51. The standard InChI is InChI=1S/C16H16O2/c1-2-16(18-13-17,14-9-5-3-6-10-14)15-11-7-4-8-12-15/h3-13H,2H2,1H3. The molecule has 2 heteroatoms. The largest absolute Gasteiger partial charge is 0.451 e. The number of carbonyl (C=O) groups excluding carboxylic acids is 1. The topological polar surface area (TPSA) is 26.3 Å². The molecular formula is C16H16O2. The van der Waals surface area contributed by atoms with Crippen molar-refractivity contribution in [2.45, 2.75) is 18.9 Å². The van der Waals surface area contributed by atoms with Gasteiger partial charge in [0.1, 0.15) is 0 Å². The van der Waals surface area contributed by atoms with Gasteiger partial charge < -0.3 is 4.74 Å². The summed E-state index contributed by atoms with van der Waals surface area (Å²) in [5, 5.41) is 0. The SMILES string of the molecule is CCC(OC=O)(c1ccccc1)c1ccccc1. The second kappa shape index (κ2) is 5.50. The van der Waals surface area contributed by atoms with E-state index in [-0.39, 0.29) is 0 Å². The van der Waals surface area contributed by atoms with Crippen LogP contribution in [0.15, 0.2) is 60.7 Å². The summed E-state index contributed by atoms with van der Waals surface area (Å²) in [4.78, 5) is 10.9. The van der Waals surface area contributed by atoms with Crippen LogP contribution in [0.2, 0.25) is 0 Å². The molecule has 0 aliphatic rings. The molecule has 0 fully saturated rings. The number of hydrogen-bond donors (Lipinski definition) is 0. The molecule has 2 rings (SSSR count). The first-order valence-electron chi connectivity index (χ1n) is 6.06. The maximum absolute atomic E-state index is 10.9. The van der Waals surface area contributed by atoms with E-state index in [0.717, 1.165) is 11.1 Å². The minimum atomic E-state index is -0.690. The molecule has 0 spiro atoms. The Balaban J connectivity index is 2.57. The van der Waals surface area contributed by atoms with E-state index in [2.05, 4.69) is 0 Å². The molecule has 0 atom stereocenters. The number of benzene rings is 2. The van der Waals surface area contributed by atoms with Gasteiger partial charge in [-0.3, -0.25) is 4.79 Å². The molecular weight excluding hydrogens is 224 g/mol. The average molecular weight is 240 g/mol. The molecule has 2 nitrogen and oxygen atoms in total. The molecule has 0 unspecified atom stereocenters. The Bertz CT molecular complexity index is 452. The van der Waals surface area contributed by atoms with Crippen LogP contribution in [0.25, 0.3) is 0 Å². The molecule has 0 saturated heterocycles. The number of hydrogen-bond acceptors (Lipinski definition) is 2. The Labute approximate surface area is 107 Å². The number of rotatable bonds is 5. The van der Waals surface area contributed by atoms with Crippen molar-refractivity contribution in [3.63, 3.8) is 0 Å². The minimum absolute atomic E-state index is 0.531. The van der Waals surface area contributed by atoms with E-state index >= 15 is 0 Å². The molecule has 92 valence electrons. The first-order valence-corrected chi connectivity index (χ1v) is 6.06. The van der Waals surface area contributed by atoms with Crippen LogP contribution < -0.4 is 0 Å². The summed E-state index contributed by atoms with van der Waals surface area (Å²) in [7, 11) is 0. The van der Waals surface area contributed by atoms with Crippen molar-refractivity contribution in [1.29, 1.82) is 0 Å². The third-order valence-electron chi connectivity index (χ3n) is 3.23. The van der Waals surface area contributed by atoms with Gasteiger partial charge in [0.05, 0.1) is 0 Å². The highest BCUT2D eigenvalue weighted by molar-refractivity contribution is 5.45. The number of ether oxygens (including phenoxy) is 1. The lowest BCUT2D eigenvalue weighted by Gasteiger charge is -2.32. The van der Waals surface area contributed by atoms with Crippen molar-refractivity contribution >= 4 is 6.47 Å². The quantitative estimate of drug-likeness (QED) is 0.747. The molecule has 0 aromatic heterocycles. The van der Waals surface area contributed by atoms with E-state index < -0.39 is 5.60 Å². The van der Waals surface area contributed by atoms with Crippen molar-refractivity contribution in [3.8, 4) is 0 Å². The predicted molar refractivity (Wildman–Crippen MR) is 71.1 cm³/mol. The summed E-state index contributed by atoms with van der Waals surface area (Å²) >= 11 is 0. The second-order valence-electron chi connectivity index (χ2n) is 4.13. The summed E-state index contributed by atoms with van der Waals surface area (Å²) in [6.07, 6.45) is 0.694. The molecule has 2 aromatic rings. The molecule has 0 aliphatic carbocycles. The van der Waals surface area contributed by atoms with Gasteiger partial charge in [0.25, 0.3) is 6.47 Å². The van der Waals surface area contributed by atoms with Crippen LogP contribution in [-0.4, -0.2) is 6.47 Å². The molecule has 0 radical (unpaired) electrons. The molecule has 18 heavy (non-hydrogen) atoms. The molecule has 0 saturated carbocycles. The first kappa shape index (κ1) is 12.4. The monoisotopic (exact) mass is 240 g/mol. The highest BCUT2D eigenvalue weighted by atomic mass is 16.5. The van der Waals surface area contributed by atoms with Crippen LogP contribution in [0.1, 0.15) is 24.5 Å². The van der Waals surface area contributed by atoms with Gasteiger partial charge in [-0.05, 0) is 6.42 Å². The maximum Gasteiger partial charge on any atom is 0.294 e. The normalized spacial score (nSPS) is 10.9. The highest BCUT2D eigenvalue weighted by Gasteiger charge is 2.34. The van der Waals surface area contributed by atoms with E-state index in [4.69, 9.17) is 4.74 Å². The van der Waals surface area contributed by atoms with Crippen molar-refractivity contribution in [3.05, 3.63) is 71.8 Å². The summed E-state index contributed by atoms with van der Waals surface area (Å²) < 4.78 is 5.47. The van der Waals surface area contributed by atoms with Gasteiger partial charge in [-0.2, -0.15) is 0 Å².